The number of carboxylic acid groups (broad SMARTS) is 1. The molecule has 7 heteroatoms. The van der Waals surface area contributed by atoms with E-state index in [-0.39, 0.29) is 12.6 Å². The first kappa shape index (κ1) is 19.1. The number of ether oxygens (including phenoxy) is 2. The van der Waals surface area contributed by atoms with Crippen molar-refractivity contribution in [3.8, 4) is 0 Å². The first-order chi connectivity index (χ1) is 11.9. The van der Waals surface area contributed by atoms with Crippen molar-refractivity contribution < 1.29 is 24.2 Å². The molecule has 2 amide bonds. The Labute approximate surface area is 147 Å². The fourth-order valence-corrected chi connectivity index (χ4v) is 2.78. The molecule has 2 rings (SSSR count). The zero-order chi connectivity index (χ0) is 18.3. The lowest BCUT2D eigenvalue weighted by Gasteiger charge is -2.33. The Kier molecular flexibility index (Phi) is 6.64. The molecule has 1 aliphatic rings. The van der Waals surface area contributed by atoms with Crippen LogP contribution in [0.4, 0.5) is 9.59 Å². The molecule has 0 spiro atoms. The standard InChI is InChI=1S/C18H26N2O5/c1-18(2,10-8-13-6-4-3-5-7-13)25-17(23)20-15-12-24-11-9-14(15)19-16(21)22/h3-7,14-15,19H,8-12H2,1-2H3,(H,20,23)(H,21,22)/t14-,15-/m1/s1. The molecule has 0 aliphatic carbocycles. The Bertz CT molecular complexity index is 576. The average Bonchev–Trinajstić information content (AvgIpc) is 2.55. The van der Waals surface area contributed by atoms with Crippen molar-refractivity contribution in [2.75, 3.05) is 13.2 Å². The van der Waals surface area contributed by atoms with Crippen molar-refractivity contribution in [1.29, 1.82) is 0 Å². The lowest BCUT2D eigenvalue weighted by Crippen LogP contribution is -2.57. The molecular weight excluding hydrogens is 324 g/mol. The van der Waals surface area contributed by atoms with Crippen molar-refractivity contribution in [2.45, 2.75) is 50.8 Å². The molecule has 0 aromatic heterocycles. The number of amides is 2. The molecule has 1 aliphatic heterocycles. The van der Waals surface area contributed by atoms with Gasteiger partial charge in [0, 0.05) is 6.61 Å². The minimum absolute atomic E-state index is 0.254. The fraction of sp³-hybridized carbons (Fsp3) is 0.556. The summed E-state index contributed by atoms with van der Waals surface area (Å²) in [5, 5.41) is 14.0. The third-order valence-corrected chi connectivity index (χ3v) is 4.20. The van der Waals surface area contributed by atoms with E-state index >= 15 is 0 Å². The van der Waals surface area contributed by atoms with Crippen LogP contribution in [-0.2, 0) is 15.9 Å². The molecule has 2 atom stereocenters. The quantitative estimate of drug-likeness (QED) is 0.732. The summed E-state index contributed by atoms with van der Waals surface area (Å²) in [4.78, 5) is 23.1. The molecule has 0 bridgehead atoms. The highest BCUT2D eigenvalue weighted by atomic mass is 16.6. The molecule has 3 N–H and O–H groups in total. The maximum absolute atomic E-state index is 12.2. The highest BCUT2D eigenvalue weighted by Crippen LogP contribution is 2.19. The summed E-state index contributed by atoms with van der Waals surface area (Å²) in [5.41, 5.74) is 0.552. The molecule has 1 aromatic rings. The third kappa shape index (κ3) is 6.62. The third-order valence-electron chi connectivity index (χ3n) is 4.20. The van der Waals surface area contributed by atoms with Gasteiger partial charge in [0.1, 0.15) is 5.60 Å². The molecule has 138 valence electrons. The molecule has 0 unspecified atom stereocenters. The summed E-state index contributed by atoms with van der Waals surface area (Å²) in [6, 6.07) is 9.18. The molecule has 1 aromatic carbocycles. The van der Waals surface area contributed by atoms with Crippen LogP contribution in [0.1, 0.15) is 32.3 Å². The minimum Gasteiger partial charge on any atom is -0.465 e. The van der Waals surface area contributed by atoms with Gasteiger partial charge in [-0.25, -0.2) is 9.59 Å². The van der Waals surface area contributed by atoms with E-state index in [2.05, 4.69) is 10.6 Å². The molecule has 0 radical (unpaired) electrons. The monoisotopic (exact) mass is 350 g/mol. The van der Waals surface area contributed by atoms with Crippen LogP contribution >= 0.6 is 0 Å². The van der Waals surface area contributed by atoms with Gasteiger partial charge in [0.2, 0.25) is 0 Å². The van der Waals surface area contributed by atoms with Gasteiger partial charge in [0.25, 0.3) is 0 Å². The SMILES string of the molecule is CC(C)(CCc1ccccc1)OC(=O)N[C@@H]1COCC[C@H]1NC(=O)O. The normalized spacial score (nSPS) is 20.6. The van der Waals surface area contributed by atoms with Crippen molar-refractivity contribution in [3.63, 3.8) is 0 Å². The zero-order valence-electron chi connectivity index (χ0n) is 14.7. The van der Waals surface area contributed by atoms with Gasteiger partial charge in [0.15, 0.2) is 0 Å². The number of rotatable bonds is 6. The summed E-state index contributed by atoms with van der Waals surface area (Å²) in [6.45, 7) is 4.44. The van der Waals surface area contributed by atoms with Crippen LogP contribution in [0.15, 0.2) is 30.3 Å². The van der Waals surface area contributed by atoms with Crippen molar-refractivity contribution >= 4 is 12.2 Å². The Balaban J connectivity index is 1.83. The predicted octanol–water partition coefficient (Wildman–Crippen LogP) is 2.55. The Hall–Kier alpha value is -2.28. The molecule has 1 heterocycles. The van der Waals surface area contributed by atoms with Crippen molar-refractivity contribution in [1.82, 2.24) is 10.6 Å². The molecular formula is C18H26N2O5. The largest absolute Gasteiger partial charge is 0.465 e. The van der Waals surface area contributed by atoms with E-state index in [4.69, 9.17) is 14.6 Å². The van der Waals surface area contributed by atoms with Crippen LogP contribution in [0.25, 0.3) is 0 Å². The van der Waals surface area contributed by atoms with E-state index in [1.165, 1.54) is 5.56 Å². The van der Waals surface area contributed by atoms with Gasteiger partial charge in [-0.2, -0.15) is 0 Å². The van der Waals surface area contributed by atoms with E-state index in [0.29, 0.717) is 19.4 Å². The number of aryl methyl sites for hydroxylation is 1. The van der Waals surface area contributed by atoms with E-state index in [1.54, 1.807) is 0 Å². The van der Waals surface area contributed by atoms with Crippen molar-refractivity contribution in [2.24, 2.45) is 0 Å². The smallest absolute Gasteiger partial charge is 0.408 e. The molecule has 7 nitrogen and oxygen atoms in total. The predicted molar refractivity (Wildman–Crippen MR) is 92.6 cm³/mol. The number of nitrogens with one attached hydrogen (secondary N) is 2. The number of benzene rings is 1. The van der Waals surface area contributed by atoms with E-state index in [9.17, 15) is 9.59 Å². The van der Waals surface area contributed by atoms with Crippen LogP contribution < -0.4 is 10.6 Å². The van der Waals surface area contributed by atoms with Crippen LogP contribution in [-0.4, -0.2) is 48.2 Å². The second-order valence-corrected chi connectivity index (χ2v) is 6.81. The van der Waals surface area contributed by atoms with Gasteiger partial charge in [-0.15, -0.1) is 0 Å². The van der Waals surface area contributed by atoms with E-state index in [0.717, 1.165) is 6.42 Å². The Morgan fingerprint density at radius 2 is 1.96 bits per heavy atom. The fourth-order valence-electron chi connectivity index (χ4n) is 2.78. The second-order valence-electron chi connectivity index (χ2n) is 6.81. The van der Waals surface area contributed by atoms with Gasteiger partial charge in [-0.3, -0.25) is 0 Å². The zero-order valence-corrected chi connectivity index (χ0v) is 14.7. The lowest BCUT2D eigenvalue weighted by atomic mass is 9.98. The number of carbonyl (C=O) groups excluding carboxylic acids is 1. The number of alkyl carbamates (subject to hydrolysis) is 1. The molecule has 1 saturated heterocycles. The summed E-state index contributed by atoms with van der Waals surface area (Å²) in [7, 11) is 0. The second kappa shape index (κ2) is 8.71. The van der Waals surface area contributed by atoms with Crippen LogP contribution in [0.5, 0.6) is 0 Å². The van der Waals surface area contributed by atoms with Gasteiger partial charge >= 0.3 is 12.2 Å². The number of carbonyl (C=O) groups is 2. The summed E-state index contributed by atoms with van der Waals surface area (Å²) in [6.07, 6.45) is 0.314. The first-order valence-corrected chi connectivity index (χ1v) is 8.46. The highest BCUT2D eigenvalue weighted by molar-refractivity contribution is 5.69. The maximum Gasteiger partial charge on any atom is 0.408 e. The maximum atomic E-state index is 12.2. The van der Waals surface area contributed by atoms with Crippen LogP contribution in [0, 0.1) is 0 Å². The van der Waals surface area contributed by atoms with Gasteiger partial charge in [0.05, 0.1) is 18.7 Å². The first-order valence-electron chi connectivity index (χ1n) is 8.46. The topological polar surface area (TPSA) is 96.9 Å². The van der Waals surface area contributed by atoms with E-state index in [1.807, 2.05) is 44.2 Å². The summed E-state index contributed by atoms with van der Waals surface area (Å²) >= 11 is 0. The van der Waals surface area contributed by atoms with Gasteiger partial charge < -0.3 is 25.2 Å². The lowest BCUT2D eigenvalue weighted by molar-refractivity contribution is 0.0148. The van der Waals surface area contributed by atoms with E-state index < -0.39 is 23.8 Å². The average molecular weight is 350 g/mol. The summed E-state index contributed by atoms with van der Waals surface area (Å²) < 4.78 is 10.9. The molecule has 25 heavy (non-hydrogen) atoms. The highest BCUT2D eigenvalue weighted by Gasteiger charge is 2.31. The summed E-state index contributed by atoms with van der Waals surface area (Å²) in [5.74, 6) is 0. The van der Waals surface area contributed by atoms with Crippen LogP contribution in [0.2, 0.25) is 0 Å². The Morgan fingerprint density at radius 1 is 1.24 bits per heavy atom. The van der Waals surface area contributed by atoms with Crippen LogP contribution in [0.3, 0.4) is 0 Å². The van der Waals surface area contributed by atoms with Crippen molar-refractivity contribution in [3.05, 3.63) is 35.9 Å². The minimum atomic E-state index is -1.12. The number of hydrogen-bond donors (Lipinski definition) is 3. The molecule has 0 saturated carbocycles. The van der Waals surface area contributed by atoms with Gasteiger partial charge in [-0.05, 0) is 38.7 Å². The van der Waals surface area contributed by atoms with Gasteiger partial charge in [-0.1, -0.05) is 30.3 Å². The molecule has 1 fully saturated rings. The Morgan fingerprint density at radius 3 is 2.64 bits per heavy atom. The number of hydrogen-bond acceptors (Lipinski definition) is 4.